The predicted molar refractivity (Wildman–Crippen MR) is 64.4 cm³/mol. The van der Waals surface area contributed by atoms with Gasteiger partial charge in [-0.05, 0) is 24.1 Å². The molecule has 1 aromatic rings. The van der Waals surface area contributed by atoms with Crippen LogP contribution in [0.2, 0.25) is 5.02 Å². The molecule has 82 valence electrons. The zero-order valence-electron chi connectivity index (χ0n) is 8.64. The number of benzene rings is 1. The van der Waals surface area contributed by atoms with Crippen LogP contribution in [0, 0.1) is 0 Å². The second-order valence-corrected chi connectivity index (χ2v) is 3.64. The van der Waals surface area contributed by atoms with Gasteiger partial charge in [0.1, 0.15) is 0 Å². The second kappa shape index (κ2) is 6.72. The third-order valence-corrected chi connectivity index (χ3v) is 2.19. The van der Waals surface area contributed by atoms with Crippen LogP contribution in [0.3, 0.4) is 0 Å². The third-order valence-electron chi connectivity index (χ3n) is 1.94. The first kappa shape index (κ1) is 12.4. The van der Waals surface area contributed by atoms with Gasteiger partial charge in [0, 0.05) is 11.4 Å². The van der Waals surface area contributed by atoms with E-state index in [1.165, 1.54) is 0 Å². The van der Waals surface area contributed by atoms with E-state index in [1.807, 2.05) is 36.4 Å². The van der Waals surface area contributed by atoms with Crippen LogP contribution >= 0.6 is 11.6 Å². The van der Waals surface area contributed by atoms with E-state index in [0.29, 0.717) is 17.9 Å². The zero-order chi connectivity index (χ0) is 11.8. The Morgan fingerprint density at radius 2 is 2.06 bits per heavy atom. The molecule has 1 rings (SSSR count). The summed E-state index contributed by atoms with van der Waals surface area (Å²) in [5.74, 6) is -0.191. The highest BCUT2D eigenvalue weighted by atomic mass is 35.5. The quantitative estimate of drug-likeness (QED) is 0.439. The van der Waals surface area contributed by atoms with Crippen LogP contribution in [0.1, 0.15) is 18.4 Å². The van der Waals surface area contributed by atoms with Crippen molar-refractivity contribution in [3.8, 4) is 0 Å². The van der Waals surface area contributed by atoms with E-state index in [1.54, 1.807) is 0 Å². The third kappa shape index (κ3) is 4.69. The summed E-state index contributed by atoms with van der Waals surface area (Å²) in [4.78, 5) is 13.6. The number of allylic oxidation sites excluding steroid dienone is 1. The molecule has 0 unspecified atom stereocenters. The Morgan fingerprint density at radius 1 is 1.38 bits per heavy atom. The summed E-state index contributed by atoms with van der Waals surface area (Å²) < 4.78 is 0. The summed E-state index contributed by atoms with van der Waals surface area (Å²) >= 11 is 5.74. The minimum absolute atomic E-state index is 0.191. The number of rotatable bonds is 5. The molecular formula is C12H11ClN2O. The van der Waals surface area contributed by atoms with Crippen molar-refractivity contribution in [2.45, 2.75) is 12.8 Å². The molecule has 3 nitrogen and oxygen atoms in total. The van der Waals surface area contributed by atoms with Gasteiger partial charge in [-0.1, -0.05) is 35.9 Å². The summed E-state index contributed by atoms with van der Waals surface area (Å²) in [6.07, 6.45) is 5.68. The van der Waals surface area contributed by atoms with Crippen molar-refractivity contribution in [1.29, 1.82) is 0 Å². The minimum Gasteiger partial charge on any atom is -0.361 e. The zero-order valence-corrected chi connectivity index (χ0v) is 9.39. The normalized spacial score (nSPS) is 10.1. The summed E-state index contributed by atoms with van der Waals surface area (Å²) in [6.45, 7) is 0. The van der Waals surface area contributed by atoms with Gasteiger partial charge in [0.2, 0.25) is 5.78 Å². The Balaban J connectivity index is 2.40. The molecule has 16 heavy (non-hydrogen) atoms. The molecule has 0 saturated heterocycles. The molecule has 0 amide bonds. The van der Waals surface area contributed by atoms with Gasteiger partial charge in [0.25, 0.3) is 0 Å². The van der Waals surface area contributed by atoms with Gasteiger partial charge in [0.15, 0.2) is 0 Å². The lowest BCUT2D eigenvalue weighted by molar-refractivity contribution is -0.116. The molecule has 0 aromatic heterocycles. The number of carbonyl (C=O) groups is 1. The largest absolute Gasteiger partial charge is 0.361 e. The fourth-order valence-corrected chi connectivity index (χ4v) is 1.27. The lowest BCUT2D eigenvalue weighted by atomic mass is 10.1. The number of Topliss-reactive ketones (excluding diaryl/α,β-unsaturated/α-hetero) is 1. The molecule has 0 aliphatic carbocycles. The average Bonchev–Trinajstić information content (AvgIpc) is 2.27. The van der Waals surface area contributed by atoms with E-state index in [0.717, 1.165) is 11.8 Å². The molecule has 0 saturated carbocycles. The van der Waals surface area contributed by atoms with Crippen molar-refractivity contribution in [2.75, 3.05) is 0 Å². The van der Waals surface area contributed by atoms with Crippen molar-refractivity contribution in [3.05, 3.63) is 46.5 Å². The molecule has 0 bridgehead atoms. The maximum Gasteiger partial charge on any atom is 0.323 e. The van der Waals surface area contributed by atoms with Crippen molar-refractivity contribution in [3.63, 3.8) is 0 Å². The maximum atomic E-state index is 10.9. The first-order valence-corrected chi connectivity index (χ1v) is 5.22. The highest BCUT2D eigenvalue weighted by Gasteiger charge is 1.99. The fraction of sp³-hybridized carbons (Fsp3) is 0.167. The first-order chi connectivity index (χ1) is 7.72. The predicted octanol–water partition coefficient (Wildman–Crippen LogP) is 3.00. The molecule has 0 N–H and O–H groups in total. The van der Waals surface area contributed by atoms with E-state index >= 15 is 0 Å². The molecule has 0 aliphatic heterocycles. The van der Waals surface area contributed by atoms with Crippen LogP contribution in [-0.4, -0.2) is 16.8 Å². The summed E-state index contributed by atoms with van der Waals surface area (Å²) in [5.41, 5.74) is 9.15. The van der Waals surface area contributed by atoms with E-state index < -0.39 is 0 Å². The second-order valence-electron chi connectivity index (χ2n) is 3.20. The SMILES string of the molecule is [N-]=[N+]=CC(=O)CC/C=C/c1ccc(Cl)cc1. The van der Waals surface area contributed by atoms with Gasteiger partial charge in [-0.25, -0.2) is 0 Å². The Hall–Kier alpha value is -1.70. The number of ketones is 1. The van der Waals surface area contributed by atoms with Crippen LogP contribution in [0.25, 0.3) is 11.6 Å². The summed E-state index contributed by atoms with van der Waals surface area (Å²) in [6, 6.07) is 7.42. The molecule has 0 atom stereocenters. The highest BCUT2D eigenvalue weighted by molar-refractivity contribution is 6.30. The minimum atomic E-state index is -0.191. The van der Waals surface area contributed by atoms with Crippen LogP contribution in [0.5, 0.6) is 0 Å². The molecule has 0 aliphatic rings. The number of nitrogens with zero attached hydrogens (tertiary/aromatic N) is 2. The molecular weight excluding hydrogens is 224 g/mol. The van der Waals surface area contributed by atoms with Crippen LogP contribution in [0.15, 0.2) is 30.3 Å². The highest BCUT2D eigenvalue weighted by Crippen LogP contribution is 2.10. The molecule has 0 radical (unpaired) electrons. The summed E-state index contributed by atoms with van der Waals surface area (Å²) in [5, 5.41) is 0.700. The topological polar surface area (TPSA) is 53.5 Å². The fourth-order valence-electron chi connectivity index (χ4n) is 1.15. The van der Waals surface area contributed by atoms with Crippen molar-refractivity contribution >= 4 is 29.7 Å². The van der Waals surface area contributed by atoms with Crippen LogP contribution < -0.4 is 0 Å². The number of carbonyl (C=O) groups excluding carboxylic acids is 1. The van der Waals surface area contributed by atoms with E-state index in [-0.39, 0.29) is 5.78 Å². The Labute approximate surface area is 99.0 Å². The molecule has 0 heterocycles. The molecule has 1 aromatic carbocycles. The van der Waals surface area contributed by atoms with Gasteiger partial charge >= 0.3 is 6.21 Å². The molecule has 0 spiro atoms. The van der Waals surface area contributed by atoms with Crippen LogP contribution in [0.4, 0.5) is 0 Å². The molecule has 4 heteroatoms. The average molecular weight is 235 g/mol. The Bertz CT molecular complexity index is 431. The van der Waals surface area contributed by atoms with Gasteiger partial charge in [-0.3, -0.25) is 4.79 Å². The lowest BCUT2D eigenvalue weighted by Crippen LogP contribution is -1.97. The smallest absolute Gasteiger partial charge is 0.323 e. The van der Waals surface area contributed by atoms with E-state index in [4.69, 9.17) is 17.1 Å². The maximum absolute atomic E-state index is 10.9. The number of halogens is 1. The van der Waals surface area contributed by atoms with Gasteiger partial charge in [-0.2, -0.15) is 4.79 Å². The number of hydrogen-bond acceptors (Lipinski definition) is 1. The molecule has 0 fully saturated rings. The number of hydrogen-bond donors (Lipinski definition) is 0. The lowest BCUT2D eigenvalue weighted by Gasteiger charge is -1.93. The van der Waals surface area contributed by atoms with Crippen LogP contribution in [-0.2, 0) is 4.79 Å². The van der Waals surface area contributed by atoms with Crippen molar-refractivity contribution < 1.29 is 9.58 Å². The monoisotopic (exact) mass is 234 g/mol. The Kier molecular flexibility index (Phi) is 5.20. The van der Waals surface area contributed by atoms with Gasteiger partial charge in [-0.15, -0.1) is 0 Å². The van der Waals surface area contributed by atoms with Gasteiger partial charge < -0.3 is 5.53 Å². The van der Waals surface area contributed by atoms with E-state index in [2.05, 4.69) is 4.79 Å². The Morgan fingerprint density at radius 3 is 2.69 bits per heavy atom. The first-order valence-electron chi connectivity index (χ1n) is 4.85. The van der Waals surface area contributed by atoms with E-state index in [9.17, 15) is 4.79 Å². The van der Waals surface area contributed by atoms with Gasteiger partial charge in [0.05, 0.1) is 0 Å². The van der Waals surface area contributed by atoms with Crippen molar-refractivity contribution in [1.82, 2.24) is 0 Å². The van der Waals surface area contributed by atoms with Crippen molar-refractivity contribution in [2.24, 2.45) is 0 Å². The summed E-state index contributed by atoms with van der Waals surface area (Å²) in [7, 11) is 0. The standard InChI is InChI=1S/C12H11ClN2O/c13-11-7-5-10(6-8-11)3-1-2-4-12(16)9-15-14/h1,3,5-9H,2,4H2/b3-1+.